The maximum Gasteiger partial charge on any atom is 0.225 e. The zero-order chi connectivity index (χ0) is 17.1. The van der Waals surface area contributed by atoms with Gasteiger partial charge in [-0.15, -0.1) is 0 Å². The van der Waals surface area contributed by atoms with Crippen LogP contribution in [0.1, 0.15) is 31.7 Å². The van der Waals surface area contributed by atoms with Gasteiger partial charge in [-0.2, -0.15) is 0 Å². The van der Waals surface area contributed by atoms with Gasteiger partial charge in [0.2, 0.25) is 5.91 Å². The Hall–Kier alpha value is -1.72. The van der Waals surface area contributed by atoms with Gasteiger partial charge in [-0.1, -0.05) is 37.3 Å². The average Bonchev–Trinajstić information content (AvgIpc) is 3.07. The zero-order valence-corrected chi connectivity index (χ0v) is 14.1. The number of ether oxygens (including phenoxy) is 1. The van der Waals surface area contributed by atoms with E-state index >= 15 is 0 Å². The van der Waals surface area contributed by atoms with E-state index in [-0.39, 0.29) is 36.8 Å². The average molecular weight is 329 g/mol. The van der Waals surface area contributed by atoms with Crippen LogP contribution < -0.4 is 0 Å². The molecule has 0 aromatic heterocycles. The summed E-state index contributed by atoms with van der Waals surface area (Å²) in [5.41, 5.74) is -0.633. The number of amides is 1. The van der Waals surface area contributed by atoms with E-state index in [1.54, 1.807) is 12.0 Å². The van der Waals surface area contributed by atoms with Crippen LogP contribution in [0.15, 0.2) is 30.3 Å². The van der Waals surface area contributed by atoms with Crippen LogP contribution in [0.5, 0.6) is 0 Å². The second-order valence-corrected chi connectivity index (χ2v) is 7.31. The van der Waals surface area contributed by atoms with Crippen molar-refractivity contribution in [1.29, 1.82) is 0 Å². The molecular weight excluding hydrogens is 306 g/mol. The highest BCUT2D eigenvalue weighted by Crippen LogP contribution is 2.61. The highest BCUT2D eigenvalue weighted by Gasteiger charge is 2.74. The van der Waals surface area contributed by atoms with Crippen LogP contribution in [0.3, 0.4) is 0 Å². The molecule has 1 aromatic rings. The number of carbonyl (C=O) groups excluding carboxylic acids is 2. The summed E-state index contributed by atoms with van der Waals surface area (Å²) in [5, 5.41) is 11.0. The number of nitrogens with zero attached hydrogens (tertiary/aromatic N) is 1. The van der Waals surface area contributed by atoms with Gasteiger partial charge in [0.1, 0.15) is 11.2 Å². The first-order chi connectivity index (χ1) is 11.5. The van der Waals surface area contributed by atoms with Gasteiger partial charge in [0.05, 0.1) is 24.7 Å². The molecule has 1 aliphatic carbocycles. The maximum absolute atomic E-state index is 13.3. The normalized spacial score (nSPS) is 41.0. The van der Waals surface area contributed by atoms with Gasteiger partial charge in [0, 0.05) is 25.5 Å². The minimum Gasteiger partial charge on any atom is -0.390 e. The summed E-state index contributed by atoms with van der Waals surface area (Å²) in [6.45, 7) is 2.28. The number of rotatable bonds is 3. The molecule has 1 aromatic carbocycles. The van der Waals surface area contributed by atoms with Crippen molar-refractivity contribution in [3.05, 3.63) is 35.9 Å². The largest absolute Gasteiger partial charge is 0.390 e. The first-order valence-electron chi connectivity index (χ1n) is 8.61. The number of hydrogen-bond acceptors (Lipinski definition) is 4. The molecule has 1 unspecified atom stereocenters. The van der Waals surface area contributed by atoms with Crippen molar-refractivity contribution < 1.29 is 19.4 Å². The smallest absolute Gasteiger partial charge is 0.225 e. The van der Waals surface area contributed by atoms with Gasteiger partial charge >= 0.3 is 0 Å². The van der Waals surface area contributed by atoms with E-state index in [0.717, 1.165) is 12.0 Å². The van der Waals surface area contributed by atoms with Crippen LogP contribution in [0.4, 0.5) is 0 Å². The van der Waals surface area contributed by atoms with E-state index in [1.165, 1.54) is 0 Å². The summed E-state index contributed by atoms with van der Waals surface area (Å²) in [6.07, 6.45) is 0.225. The molecule has 0 spiro atoms. The molecule has 5 atom stereocenters. The molecule has 2 saturated heterocycles. The second-order valence-electron chi connectivity index (χ2n) is 7.31. The third kappa shape index (κ3) is 1.62. The third-order valence-electron chi connectivity index (χ3n) is 6.65. The summed E-state index contributed by atoms with van der Waals surface area (Å²) < 4.78 is 5.68. The number of hydrogen-bond donors (Lipinski definition) is 1. The quantitative estimate of drug-likeness (QED) is 0.907. The van der Waals surface area contributed by atoms with Crippen LogP contribution in [0.25, 0.3) is 0 Å². The Morgan fingerprint density at radius 1 is 1.29 bits per heavy atom. The highest BCUT2D eigenvalue weighted by molar-refractivity contribution is 5.98. The summed E-state index contributed by atoms with van der Waals surface area (Å²) in [6, 6.07) is 9.14. The van der Waals surface area contributed by atoms with Gasteiger partial charge in [-0.3, -0.25) is 9.59 Å². The van der Waals surface area contributed by atoms with Crippen molar-refractivity contribution in [3.63, 3.8) is 0 Å². The predicted octanol–water partition coefficient (Wildman–Crippen LogP) is 1.28. The SMILES string of the molecule is CC[C@@]12CC(=O)[C@@]3(c4ccccc4)C(O)CN(C(=O)C[C@@H]1OC)[C@@H]23. The Morgan fingerprint density at radius 2 is 2.00 bits per heavy atom. The molecule has 1 amide bonds. The Labute approximate surface area is 141 Å². The number of methoxy groups -OCH3 is 1. The maximum atomic E-state index is 13.3. The first-order valence-corrected chi connectivity index (χ1v) is 8.61. The number of aliphatic hydroxyl groups excluding tert-OH is 1. The lowest BCUT2D eigenvalue weighted by molar-refractivity contribution is -0.155. The topological polar surface area (TPSA) is 66.8 Å². The minimum atomic E-state index is -1.02. The number of carbonyl (C=O) groups is 2. The molecule has 2 heterocycles. The summed E-state index contributed by atoms with van der Waals surface area (Å²) in [4.78, 5) is 27.7. The molecule has 3 fully saturated rings. The molecule has 1 N–H and O–H groups in total. The molecule has 0 radical (unpaired) electrons. The number of aliphatic hydroxyl groups is 1. The number of ketones is 1. The van der Waals surface area contributed by atoms with Crippen molar-refractivity contribution >= 4 is 11.7 Å². The fraction of sp³-hybridized carbons (Fsp3) is 0.579. The van der Waals surface area contributed by atoms with Crippen LogP contribution >= 0.6 is 0 Å². The van der Waals surface area contributed by atoms with Crippen molar-refractivity contribution in [2.45, 2.75) is 49.9 Å². The van der Waals surface area contributed by atoms with Gasteiger partial charge in [0.15, 0.2) is 0 Å². The predicted molar refractivity (Wildman–Crippen MR) is 87.4 cm³/mol. The van der Waals surface area contributed by atoms with E-state index in [4.69, 9.17) is 4.74 Å². The fourth-order valence-corrected chi connectivity index (χ4v) is 5.61. The Kier molecular flexibility index (Phi) is 3.38. The van der Waals surface area contributed by atoms with Gasteiger partial charge in [0.25, 0.3) is 0 Å². The van der Waals surface area contributed by atoms with Gasteiger partial charge in [-0.05, 0) is 12.0 Å². The van der Waals surface area contributed by atoms with E-state index in [2.05, 4.69) is 6.92 Å². The van der Waals surface area contributed by atoms with Crippen molar-refractivity contribution in [3.8, 4) is 0 Å². The second kappa shape index (κ2) is 5.14. The Bertz CT molecular complexity index is 690. The summed E-state index contributed by atoms with van der Waals surface area (Å²) >= 11 is 0. The van der Waals surface area contributed by atoms with E-state index in [1.807, 2.05) is 30.3 Å². The third-order valence-corrected chi connectivity index (χ3v) is 6.65. The van der Waals surface area contributed by atoms with E-state index < -0.39 is 16.9 Å². The molecule has 5 nitrogen and oxygen atoms in total. The minimum absolute atomic E-state index is 0.0255. The Balaban J connectivity index is 1.97. The van der Waals surface area contributed by atoms with Crippen molar-refractivity contribution in [2.24, 2.45) is 5.41 Å². The molecule has 4 rings (SSSR count). The summed E-state index contributed by atoms with van der Waals surface area (Å²) in [5.74, 6) is 0.00906. The molecule has 5 heteroatoms. The monoisotopic (exact) mass is 329 g/mol. The van der Waals surface area contributed by atoms with Gasteiger partial charge in [-0.25, -0.2) is 0 Å². The lowest BCUT2D eigenvalue weighted by Crippen LogP contribution is -2.61. The Morgan fingerprint density at radius 3 is 2.62 bits per heavy atom. The van der Waals surface area contributed by atoms with E-state index in [9.17, 15) is 14.7 Å². The van der Waals surface area contributed by atoms with Crippen molar-refractivity contribution in [1.82, 2.24) is 4.90 Å². The number of Topliss-reactive ketones (excluding diaryl/α,β-unsaturated/α-hetero) is 1. The fourth-order valence-electron chi connectivity index (χ4n) is 5.61. The van der Waals surface area contributed by atoms with Crippen LogP contribution in [-0.2, 0) is 19.7 Å². The van der Waals surface area contributed by atoms with Crippen LogP contribution in [0, 0.1) is 5.41 Å². The van der Waals surface area contributed by atoms with Gasteiger partial charge < -0.3 is 14.7 Å². The number of benzene rings is 1. The standard InChI is InChI=1S/C19H23NO4/c1-3-18-10-13(21)19(12-7-5-4-6-8-12)14(22)11-20(17(18)19)16(23)9-15(18)24-2/h4-8,14-15,17,22H,3,9-11H2,1-2H3/t14?,15-,17-,18+,19-/m0/s1. The zero-order valence-electron chi connectivity index (χ0n) is 14.1. The van der Waals surface area contributed by atoms with Crippen LogP contribution in [-0.4, -0.2) is 53.6 Å². The lowest BCUT2D eigenvalue weighted by Gasteiger charge is -2.49. The van der Waals surface area contributed by atoms with Crippen LogP contribution in [0.2, 0.25) is 0 Å². The lowest BCUT2D eigenvalue weighted by atomic mass is 9.64. The molecule has 24 heavy (non-hydrogen) atoms. The highest BCUT2D eigenvalue weighted by atomic mass is 16.5. The van der Waals surface area contributed by atoms with E-state index in [0.29, 0.717) is 6.42 Å². The summed E-state index contributed by atoms with van der Waals surface area (Å²) in [7, 11) is 1.61. The first kappa shape index (κ1) is 15.8. The molecular formula is C19H23NO4. The van der Waals surface area contributed by atoms with Crippen molar-refractivity contribution in [2.75, 3.05) is 13.7 Å². The number of piperidine rings is 1. The molecule has 0 bridgehead atoms. The molecule has 3 aliphatic rings. The molecule has 1 saturated carbocycles. The molecule has 128 valence electrons. The molecule has 2 aliphatic heterocycles.